The van der Waals surface area contributed by atoms with Gasteiger partial charge in [-0.2, -0.15) is 0 Å². The van der Waals surface area contributed by atoms with Gasteiger partial charge in [-0.05, 0) is 31.0 Å². The molecular formula is C18H23N3O7S. The summed E-state index contributed by atoms with van der Waals surface area (Å²) in [6.07, 6.45) is 1.55. The highest BCUT2D eigenvalue weighted by molar-refractivity contribution is 7.88. The summed E-state index contributed by atoms with van der Waals surface area (Å²) in [6, 6.07) is 5.99. The highest BCUT2D eigenvalue weighted by atomic mass is 32.2. The number of benzene rings is 1. The molecule has 2 amide bonds. The first-order valence-electron chi connectivity index (χ1n) is 8.84. The van der Waals surface area contributed by atoms with Crippen molar-refractivity contribution in [2.24, 2.45) is 0 Å². The van der Waals surface area contributed by atoms with Gasteiger partial charge in [0, 0.05) is 6.54 Å². The van der Waals surface area contributed by atoms with Gasteiger partial charge in [0.1, 0.15) is 6.61 Å². The molecule has 0 saturated carbocycles. The van der Waals surface area contributed by atoms with Crippen LogP contribution in [0.5, 0.6) is 0 Å². The number of carbonyl (C=O) groups is 3. The molecule has 1 aliphatic rings. The first-order chi connectivity index (χ1) is 13.7. The van der Waals surface area contributed by atoms with Crippen LogP contribution in [-0.2, 0) is 30.7 Å². The molecule has 10 nitrogen and oxygen atoms in total. The maximum absolute atomic E-state index is 12.2. The lowest BCUT2D eigenvalue weighted by atomic mass is 10.1. The Kier molecular flexibility index (Phi) is 7.74. The van der Waals surface area contributed by atoms with Crippen LogP contribution in [-0.4, -0.2) is 58.9 Å². The van der Waals surface area contributed by atoms with Crippen molar-refractivity contribution in [1.82, 2.24) is 15.4 Å². The van der Waals surface area contributed by atoms with Gasteiger partial charge in [0.15, 0.2) is 0 Å². The number of carbonyl (C=O) groups excluding carboxylic acids is 3. The molecule has 0 aromatic heterocycles. The molecule has 1 aromatic rings. The van der Waals surface area contributed by atoms with E-state index in [2.05, 4.69) is 15.4 Å². The Morgan fingerprint density at radius 1 is 1.14 bits per heavy atom. The SMILES string of the molecule is CCOC(=O)C1=C(COC(=O)c2ccc(CCNS(C)(=O)=O)cc2)NC(=O)NC1. The van der Waals surface area contributed by atoms with E-state index in [1.54, 1.807) is 31.2 Å². The van der Waals surface area contributed by atoms with Crippen molar-refractivity contribution < 1.29 is 32.3 Å². The summed E-state index contributed by atoms with van der Waals surface area (Å²) in [5, 5.41) is 4.91. The van der Waals surface area contributed by atoms with E-state index in [-0.39, 0.29) is 43.1 Å². The molecule has 0 spiro atoms. The summed E-state index contributed by atoms with van der Waals surface area (Å²) in [5.74, 6) is -1.23. The Hall–Kier alpha value is -2.92. The normalized spacial score (nSPS) is 14.1. The third-order valence-corrected chi connectivity index (χ3v) is 4.62. The smallest absolute Gasteiger partial charge is 0.338 e. The Morgan fingerprint density at radius 3 is 2.45 bits per heavy atom. The Balaban J connectivity index is 1.96. The molecule has 0 unspecified atom stereocenters. The lowest BCUT2D eigenvalue weighted by Gasteiger charge is -2.21. The average Bonchev–Trinajstić information content (AvgIpc) is 2.66. The van der Waals surface area contributed by atoms with Gasteiger partial charge in [0.2, 0.25) is 10.0 Å². The van der Waals surface area contributed by atoms with E-state index < -0.39 is 28.0 Å². The molecule has 0 saturated heterocycles. The van der Waals surface area contributed by atoms with Crippen LogP contribution in [0.3, 0.4) is 0 Å². The van der Waals surface area contributed by atoms with Crippen LogP contribution in [0.1, 0.15) is 22.8 Å². The van der Waals surface area contributed by atoms with Gasteiger partial charge in [-0.3, -0.25) is 0 Å². The second-order valence-corrected chi connectivity index (χ2v) is 8.01. The molecule has 0 atom stereocenters. The Morgan fingerprint density at radius 2 is 1.83 bits per heavy atom. The third kappa shape index (κ3) is 7.20. The molecule has 0 aliphatic carbocycles. The predicted molar refractivity (Wildman–Crippen MR) is 103 cm³/mol. The maximum Gasteiger partial charge on any atom is 0.338 e. The van der Waals surface area contributed by atoms with Crippen molar-refractivity contribution >= 4 is 28.0 Å². The molecule has 158 valence electrons. The number of ether oxygens (including phenoxy) is 2. The molecule has 0 radical (unpaired) electrons. The molecule has 1 aliphatic heterocycles. The van der Waals surface area contributed by atoms with E-state index in [1.807, 2.05) is 0 Å². The van der Waals surface area contributed by atoms with Gasteiger partial charge in [-0.1, -0.05) is 12.1 Å². The van der Waals surface area contributed by atoms with E-state index in [1.165, 1.54) is 0 Å². The summed E-state index contributed by atoms with van der Waals surface area (Å²) in [7, 11) is -3.25. The molecule has 1 heterocycles. The Labute approximate surface area is 168 Å². The fourth-order valence-corrected chi connectivity index (χ4v) is 2.95. The number of amides is 2. The standard InChI is InChI=1S/C18H23N3O7S/c1-3-27-17(23)14-10-19-18(24)21-15(14)11-28-16(22)13-6-4-12(5-7-13)8-9-20-29(2,25)26/h4-7,20H,3,8-11H2,1-2H3,(H2,19,21,24). The lowest BCUT2D eigenvalue weighted by molar-refractivity contribution is -0.138. The third-order valence-electron chi connectivity index (χ3n) is 3.89. The zero-order valence-electron chi connectivity index (χ0n) is 16.1. The minimum atomic E-state index is -3.25. The van der Waals surface area contributed by atoms with Crippen LogP contribution in [0.15, 0.2) is 35.5 Å². The summed E-state index contributed by atoms with van der Waals surface area (Å²) in [6.45, 7) is 1.78. The number of esters is 2. The van der Waals surface area contributed by atoms with Crippen LogP contribution in [0.25, 0.3) is 0 Å². The van der Waals surface area contributed by atoms with Crippen LogP contribution in [0.2, 0.25) is 0 Å². The minimum absolute atomic E-state index is 0.0201. The molecule has 0 fully saturated rings. The van der Waals surface area contributed by atoms with Crippen LogP contribution in [0.4, 0.5) is 4.79 Å². The summed E-state index contributed by atoms with van der Waals surface area (Å²) in [4.78, 5) is 35.7. The summed E-state index contributed by atoms with van der Waals surface area (Å²) < 4.78 is 34.6. The van der Waals surface area contributed by atoms with Crippen molar-refractivity contribution in [2.75, 3.05) is 32.6 Å². The molecule has 2 rings (SSSR count). The van der Waals surface area contributed by atoms with Crippen LogP contribution >= 0.6 is 0 Å². The molecule has 29 heavy (non-hydrogen) atoms. The molecule has 3 N–H and O–H groups in total. The molecular weight excluding hydrogens is 402 g/mol. The first-order valence-corrected chi connectivity index (χ1v) is 10.7. The number of rotatable bonds is 9. The quantitative estimate of drug-likeness (QED) is 0.476. The van der Waals surface area contributed by atoms with Gasteiger partial charge < -0.3 is 20.1 Å². The largest absolute Gasteiger partial charge is 0.463 e. The topological polar surface area (TPSA) is 140 Å². The fraction of sp³-hybridized carbons (Fsp3) is 0.389. The number of nitrogens with one attached hydrogen (secondary N) is 3. The number of urea groups is 1. The molecule has 0 bridgehead atoms. The maximum atomic E-state index is 12.2. The fourth-order valence-electron chi connectivity index (χ4n) is 2.48. The zero-order chi connectivity index (χ0) is 21.4. The first kappa shape index (κ1) is 22.4. The van der Waals surface area contributed by atoms with Gasteiger partial charge in [-0.15, -0.1) is 0 Å². The van der Waals surface area contributed by atoms with Crippen molar-refractivity contribution in [3.8, 4) is 0 Å². The monoisotopic (exact) mass is 425 g/mol. The van der Waals surface area contributed by atoms with Crippen molar-refractivity contribution in [1.29, 1.82) is 0 Å². The van der Waals surface area contributed by atoms with Crippen molar-refractivity contribution in [3.63, 3.8) is 0 Å². The second-order valence-electron chi connectivity index (χ2n) is 6.17. The highest BCUT2D eigenvalue weighted by Gasteiger charge is 2.24. The van der Waals surface area contributed by atoms with Gasteiger partial charge in [0.05, 0.1) is 36.2 Å². The van der Waals surface area contributed by atoms with E-state index >= 15 is 0 Å². The minimum Gasteiger partial charge on any atom is -0.463 e. The van der Waals surface area contributed by atoms with Crippen LogP contribution in [0, 0.1) is 0 Å². The van der Waals surface area contributed by atoms with Gasteiger partial charge >= 0.3 is 18.0 Å². The highest BCUT2D eigenvalue weighted by Crippen LogP contribution is 2.11. The lowest BCUT2D eigenvalue weighted by Crippen LogP contribution is -2.45. The predicted octanol–water partition coefficient (Wildman–Crippen LogP) is 0.0651. The van der Waals surface area contributed by atoms with E-state index in [0.717, 1.165) is 11.8 Å². The zero-order valence-corrected chi connectivity index (χ0v) is 16.9. The Bertz CT molecular complexity index is 908. The van der Waals surface area contributed by atoms with Crippen molar-refractivity contribution in [2.45, 2.75) is 13.3 Å². The molecule has 11 heteroatoms. The molecule has 1 aromatic carbocycles. The number of sulfonamides is 1. The average molecular weight is 425 g/mol. The number of hydrogen-bond donors (Lipinski definition) is 3. The number of hydrogen-bond acceptors (Lipinski definition) is 7. The van der Waals surface area contributed by atoms with E-state index in [0.29, 0.717) is 6.42 Å². The summed E-state index contributed by atoms with van der Waals surface area (Å²) >= 11 is 0. The van der Waals surface area contributed by atoms with Gasteiger partial charge in [-0.25, -0.2) is 27.5 Å². The van der Waals surface area contributed by atoms with Crippen LogP contribution < -0.4 is 15.4 Å². The van der Waals surface area contributed by atoms with E-state index in [9.17, 15) is 22.8 Å². The van der Waals surface area contributed by atoms with E-state index in [4.69, 9.17) is 9.47 Å². The van der Waals surface area contributed by atoms with Gasteiger partial charge in [0.25, 0.3) is 0 Å². The summed E-state index contributed by atoms with van der Waals surface area (Å²) in [5.41, 5.74) is 1.48. The second kappa shape index (κ2) is 10.0. The van der Waals surface area contributed by atoms with Crippen molar-refractivity contribution in [3.05, 3.63) is 46.7 Å².